The largest absolute Gasteiger partial charge is 0.306 e. The third kappa shape index (κ3) is 3.12. The third-order valence-corrected chi connectivity index (χ3v) is 3.92. The van der Waals surface area contributed by atoms with Crippen molar-refractivity contribution in [1.82, 2.24) is 15.3 Å². The smallest absolute Gasteiger partial charge is 0.251 e. The van der Waals surface area contributed by atoms with Crippen LogP contribution < -0.4 is 15.3 Å². The van der Waals surface area contributed by atoms with Crippen LogP contribution in [0.25, 0.3) is 0 Å². The van der Waals surface area contributed by atoms with Gasteiger partial charge in [0.2, 0.25) is 0 Å². The first-order valence-corrected chi connectivity index (χ1v) is 6.74. The van der Waals surface area contributed by atoms with Crippen molar-refractivity contribution in [2.45, 2.75) is 6.92 Å². The molecule has 1 aromatic rings. The summed E-state index contributed by atoms with van der Waals surface area (Å²) in [5.41, 5.74) is 3.00. The van der Waals surface area contributed by atoms with Crippen LogP contribution in [0.15, 0.2) is 30.3 Å². The molecule has 3 N–H and O–H groups in total. The number of hydrogen-bond donors (Lipinski definition) is 3. The Labute approximate surface area is 113 Å². The fourth-order valence-corrected chi connectivity index (χ4v) is 2.83. The zero-order valence-corrected chi connectivity index (χ0v) is 11.3. The van der Waals surface area contributed by atoms with Gasteiger partial charge >= 0.3 is 0 Å². The lowest BCUT2D eigenvalue weighted by Gasteiger charge is -2.42. The van der Waals surface area contributed by atoms with Crippen LogP contribution in [0.5, 0.6) is 0 Å². The van der Waals surface area contributed by atoms with Crippen LogP contribution in [0.3, 0.4) is 0 Å². The van der Waals surface area contributed by atoms with E-state index in [9.17, 15) is 4.79 Å². The number of nitrogens with zero attached hydrogens (tertiary/aromatic N) is 1. The standard InChI is InChI=1S/C14H21N3O2/c1-12(14(18)16-19)11-17(9-7-15-8-10-17)13-5-3-2-4-6-13/h2-6,12,15H,7-11H2,1H3,(H-,16,18,19)/p+1. The monoisotopic (exact) mass is 264 g/mol. The zero-order valence-electron chi connectivity index (χ0n) is 11.3. The average Bonchev–Trinajstić information content (AvgIpc) is 2.48. The van der Waals surface area contributed by atoms with Crippen molar-refractivity contribution in [3.63, 3.8) is 0 Å². The van der Waals surface area contributed by atoms with Gasteiger partial charge in [-0.05, 0) is 19.1 Å². The molecule has 1 atom stereocenters. The van der Waals surface area contributed by atoms with Gasteiger partial charge in [-0.2, -0.15) is 0 Å². The number of quaternary nitrogens is 1. The lowest BCUT2D eigenvalue weighted by molar-refractivity contribution is -0.133. The number of piperazine rings is 1. The van der Waals surface area contributed by atoms with Crippen LogP contribution in [0.4, 0.5) is 5.69 Å². The van der Waals surface area contributed by atoms with Crippen LogP contribution in [0.1, 0.15) is 6.92 Å². The molecule has 1 saturated heterocycles. The molecule has 19 heavy (non-hydrogen) atoms. The molecule has 1 unspecified atom stereocenters. The van der Waals surface area contributed by atoms with Gasteiger partial charge in [-0.25, -0.2) is 5.48 Å². The molecule has 1 heterocycles. The van der Waals surface area contributed by atoms with Crippen molar-refractivity contribution in [1.29, 1.82) is 0 Å². The second kappa shape index (κ2) is 6.14. The van der Waals surface area contributed by atoms with Crippen LogP contribution in [0.2, 0.25) is 0 Å². The summed E-state index contributed by atoms with van der Waals surface area (Å²) in [6.07, 6.45) is 0. The first-order chi connectivity index (χ1) is 9.18. The van der Waals surface area contributed by atoms with Gasteiger partial charge < -0.3 is 5.32 Å². The summed E-state index contributed by atoms with van der Waals surface area (Å²) >= 11 is 0. The Morgan fingerprint density at radius 3 is 2.58 bits per heavy atom. The summed E-state index contributed by atoms with van der Waals surface area (Å²) < 4.78 is 0.794. The van der Waals surface area contributed by atoms with Crippen molar-refractivity contribution in [3.05, 3.63) is 30.3 Å². The molecule has 104 valence electrons. The van der Waals surface area contributed by atoms with E-state index in [0.717, 1.165) is 30.7 Å². The van der Waals surface area contributed by atoms with Gasteiger partial charge in [0.05, 0.1) is 25.6 Å². The fraction of sp³-hybridized carbons (Fsp3) is 0.500. The van der Waals surface area contributed by atoms with Gasteiger partial charge in [0.25, 0.3) is 5.91 Å². The van der Waals surface area contributed by atoms with Gasteiger partial charge in [-0.1, -0.05) is 18.2 Å². The molecule has 5 nitrogen and oxygen atoms in total. The van der Waals surface area contributed by atoms with Crippen LogP contribution >= 0.6 is 0 Å². The highest BCUT2D eigenvalue weighted by Gasteiger charge is 2.35. The number of carbonyl (C=O) groups is 1. The SMILES string of the molecule is CC(C[N+]1(c2ccccc2)CCNCC1)C(=O)NO. The Bertz CT molecular complexity index is 416. The van der Waals surface area contributed by atoms with E-state index in [2.05, 4.69) is 17.4 Å². The van der Waals surface area contributed by atoms with E-state index < -0.39 is 0 Å². The van der Waals surface area contributed by atoms with Crippen molar-refractivity contribution in [3.8, 4) is 0 Å². The van der Waals surface area contributed by atoms with E-state index in [1.165, 1.54) is 5.69 Å². The third-order valence-electron chi connectivity index (χ3n) is 3.92. The number of hydrogen-bond acceptors (Lipinski definition) is 3. The molecule has 1 aliphatic rings. The quantitative estimate of drug-likeness (QED) is 0.427. The molecule has 0 radical (unpaired) electrons. The minimum absolute atomic E-state index is 0.219. The summed E-state index contributed by atoms with van der Waals surface area (Å²) in [7, 11) is 0. The normalized spacial score (nSPS) is 19.7. The minimum Gasteiger partial charge on any atom is -0.306 e. The molecule has 1 amide bonds. The van der Waals surface area contributed by atoms with Gasteiger partial charge in [0, 0.05) is 13.1 Å². The van der Waals surface area contributed by atoms with Gasteiger partial charge in [0.1, 0.15) is 5.69 Å². The molecule has 5 heteroatoms. The second-order valence-corrected chi connectivity index (χ2v) is 5.24. The molecule has 1 aromatic carbocycles. The van der Waals surface area contributed by atoms with E-state index in [1.54, 1.807) is 5.48 Å². The van der Waals surface area contributed by atoms with E-state index >= 15 is 0 Å². The lowest BCUT2D eigenvalue weighted by Crippen LogP contribution is -2.62. The zero-order chi connectivity index (χ0) is 13.7. The predicted octanol–water partition coefficient (Wildman–Crippen LogP) is 0.739. The van der Waals surface area contributed by atoms with Gasteiger partial charge in [-0.3, -0.25) is 14.5 Å². The maximum Gasteiger partial charge on any atom is 0.251 e. The number of benzene rings is 1. The maximum absolute atomic E-state index is 11.6. The van der Waals surface area contributed by atoms with E-state index in [-0.39, 0.29) is 11.8 Å². The molecular formula is C14H22N3O2+. The van der Waals surface area contributed by atoms with Crippen molar-refractivity contribution in [2.75, 3.05) is 32.7 Å². The Kier molecular flexibility index (Phi) is 4.52. The molecule has 0 bridgehead atoms. The first kappa shape index (κ1) is 14.0. The molecule has 1 aliphatic heterocycles. The van der Waals surface area contributed by atoms with E-state index in [4.69, 9.17) is 5.21 Å². The summed E-state index contributed by atoms with van der Waals surface area (Å²) in [6, 6.07) is 10.3. The first-order valence-electron chi connectivity index (χ1n) is 6.74. The Morgan fingerprint density at radius 2 is 2.00 bits per heavy atom. The Morgan fingerprint density at radius 1 is 1.37 bits per heavy atom. The van der Waals surface area contributed by atoms with E-state index in [0.29, 0.717) is 6.54 Å². The van der Waals surface area contributed by atoms with Crippen molar-refractivity contribution in [2.24, 2.45) is 5.92 Å². The minimum atomic E-state index is -0.313. The van der Waals surface area contributed by atoms with Gasteiger partial charge in [-0.15, -0.1) is 0 Å². The van der Waals surface area contributed by atoms with Crippen LogP contribution in [-0.4, -0.2) is 43.8 Å². The number of hydroxylamine groups is 1. The molecule has 0 aliphatic carbocycles. The Balaban J connectivity index is 2.23. The number of amides is 1. The lowest BCUT2D eigenvalue weighted by atomic mass is 10.1. The fourth-order valence-electron chi connectivity index (χ4n) is 2.83. The second-order valence-electron chi connectivity index (χ2n) is 5.24. The number of nitrogens with one attached hydrogen (secondary N) is 2. The summed E-state index contributed by atoms with van der Waals surface area (Å²) in [5.74, 6) is -0.532. The molecule has 0 saturated carbocycles. The molecule has 2 rings (SSSR count). The maximum atomic E-state index is 11.6. The average molecular weight is 264 g/mol. The summed E-state index contributed by atoms with van der Waals surface area (Å²) in [4.78, 5) is 11.6. The molecule has 0 spiro atoms. The molecule has 1 fully saturated rings. The van der Waals surface area contributed by atoms with Crippen molar-refractivity contribution < 1.29 is 10.0 Å². The molecule has 0 aromatic heterocycles. The van der Waals surface area contributed by atoms with Crippen LogP contribution in [-0.2, 0) is 4.79 Å². The highest BCUT2D eigenvalue weighted by molar-refractivity contribution is 5.77. The number of rotatable bonds is 4. The summed E-state index contributed by atoms with van der Waals surface area (Å²) in [6.45, 7) is 6.39. The number of para-hydroxylation sites is 1. The van der Waals surface area contributed by atoms with Crippen molar-refractivity contribution >= 4 is 11.6 Å². The summed E-state index contributed by atoms with van der Waals surface area (Å²) in [5, 5.41) is 12.1. The van der Waals surface area contributed by atoms with Crippen LogP contribution in [0, 0.1) is 5.92 Å². The topological polar surface area (TPSA) is 61.4 Å². The number of carbonyl (C=O) groups excluding carboxylic acids is 1. The molecular weight excluding hydrogens is 242 g/mol. The van der Waals surface area contributed by atoms with Gasteiger partial charge in [0.15, 0.2) is 0 Å². The highest BCUT2D eigenvalue weighted by atomic mass is 16.5. The Hall–Kier alpha value is -1.43. The highest BCUT2D eigenvalue weighted by Crippen LogP contribution is 2.25. The van der Waals surface area contributed by atoms with E-state index in [1.807, 2.05) is 25.1 Å². The predicted molar refractivity (Wildman–Crippen MR) is 74.8 cm³/mol.